The molecule has 0 saturated heterocycles. The lowest BCUT2D eigenvalue weighted by Gasteiger charge is -2.25. The fourth-order valence-electron chi connectivity index (χ4n) is 4.61. The number of hydrogen-bond acceptors (Lipinski definition) is 7. The van der Waals surface area contributed by atoms with Gasteiger partial charge >= 0.3 is 0 Å². The third kappa shape index (κ3) is 4.26. The van der Waals surface area contributed by atoms with Crippen LogP contribution in [0.1, 0.15) is 24.1 Å². The van der Waals surface area contributed by atoms with E-state index in [1.54, 1.807) is 24.7 Å². The molecule has 4 aromatic rings. The molecule has 1 N–H and O–H groups in total. The summed E-state index contributed by atoms with van der Waals surface area (Å²) in [7, 11) is 1.58. The molecule has 1 amide bonds. The van der Waals surface area contributed by atoms with Gasteiger partial charge < -0.3 is 19.5 Å². The van der Waals surface area contributed by atoms with Crippen LogP contribution in [0.25, 0.3) is 6.08 Å². The predicted octanol–water partition coefficient (Wildman–Crippen LogP) is 3.61. The third-order valence-electron chi connectivity index (χ3n) is 6.40. The van der Waals surface area contributed by atoms with Gasteiger partial charge in [0.1, 0.15) is 5.75 Å². The van der Waals surface area contributed by atoms with Crippen molar-refractivity contribution in [1.29, 1.82) is 0 Å². The van der Waals surface area contributed by atoms with E-state index in [1.165, 1.54) is 11.3 Å². The fraction of sp³-hybridized carbons (Fsp3) is 0.138. The molecular formula is C29H23N3O5S. The van der Waals surface area contributed by atoms with Gasteiger partial charge in [0.15, 0.2) is 16.3 Å². The summed E-state index contributed by atoms with van der Waals surface area (Å²) in [4.78, 5) is 32.7. The summed E-state index contributed by atoms with van der Waals surface area (Å²) in [6.07, 6.45) is 1.80. The van der Waals surface area contributed by atoms with Gasteiger partial charge in [0.25, 0.3) is 11.5 Å². The van der Waals surface area contributed by atoms with Crippen molar-refractivity contribution in [1.82, 2.24) is 4.57 Å². The lowest BCUT2D eigenvalue weighted by molar-refractivity contribution is -0.113. The second-order valence-corrected chi connectivity index (χ2v) is 9.80. The Morgan fingerprint density at radius 1 is 1.08 bits per heavy atom. The van der Waals surface area contributed by atoms with Gasteiger partial charge in [0.05, 0.1) is 29.0 Å². The summed E-state index contributed by atoms with van der Waals surface area (Å²) >= 11 is 1.28. The number of allylic oxidation sites excluding steroid dienone is 1. The third-order valence-corrected chi connectivity index (χ3v) is 7.38. The summed E-state index contributed by atoms with van der Waals surface area (Å²) in [5, 5.41) is 2.96. The molecule has 3 aromatic carbocycles. The average molecular weight is 526 g/mol. The number of thiazole rings is 1. The minimum absolute atomic E-state index is 0.175. The predicted molar refractivity (Wildman–Crippen MR) is 144 cm³/mol. The maximum atomic E-state index is 13.9. The molecule has 2 aliphatic rings. The van der Waals surface area contributed by atoms with Crippen molar-refractivity contribution in [3.63, 3.8) is 0 Å². The monoisotopic (exact) mass is 525 g/mol. The molecule has 0 saturated carbocycles. The standard InChI is InChI=1S/C29H23N3O5S/c1-17-25(27(33)31-20-8-4-3-5-9-20)26(19-7-6-10-21(15-19)35-2)32-28(34)24(38-29(32)30-17)14-18-11-12-22-23(13-18)37-16-36-22/h3-15,26H,16H2,1-2H3,(H,31,33)/b24-14-. The molecule has 1 unspecified atom stereocenters. The van der Waals surface area contributed by atoms with E-state index in [4.69, 9.17) is 19.2 Å². The highest BCUT2D eigenvalue weighted by Gasteiger charge is 2.32. The number of methoxy groups -OCH3 is 1. The largest absolute Gasteiger partial charge is 0.497 e. The normalized spacial score (nSPS) is 16.2. The van der Waals surface area contributed by atoms with Gasteiger partial charge in [-0.1, -0.05) is 47.7 Å². The Hall–Kier alpha value is -4.63. The highest BCUT2D eigenvalue weighted by molar-refractivity contribution is 7.07. The average Bonchev–Trinajstić information content (AvgIpc) is 3.52. The van der Waals surface area contributed by atoms with Crippen LogP contribution in [0.5, 0.6) is 17.2 Å². The number of nitrogens with zero attached hydrogens (tertiary/aromatic N) is 2. The van der Waals surface area contributed by atoms with Gasteiger partial charge in [-0.05, 0) is 60.5 Å². The number of nitrogens with one attached hydrogen (secondary N) is 1. The molecule has 1 atom stereocenters. The van der Waals surface area contributed by atoms with Crippen molar-refractivity contribution >= 4 is 29.0 Å². The second-order valence-electron chi connectivity index (χ2n) is 8.79. The zero-order chi connectivity index (χ0) is 26.2. The Labute approximate surface area is 221 Å². The topological polar surface area (TPSA) is 91.2 Å². The molecule has 2 aliphatic heterocycles. The van der Waals surface area contributed by atoms with E-state index in [2.05, 4.69) is 5.32 Å². The summed E-state index contributed by atoms with van der Waals surface area (Å²) in [5.74, 6) is 1.61. The first kappa shape index (κ1) is 23.7. The van der Waals surface area contributed by atoms with E-state index in [0.29, 0.717) is 43.5 Å². The molecule has 0 fully saturated rings. The van der Waals surface area contributed by atoms with Crippen molar-refractivity contribution in [3.05, 3.63) is 115 Å². The van der Waals surface area contributed by atoms with Gasteiger partial charge in [0, 0.05) is 5.69 Å². The fourth-order valence-corrected chi connectivity index (χ4v) is 5.66. The minimum Gasteiger partial charge on any atom is -0.497 e. The van der Waals surface area contributed by atoms with Crippen LogP contribution < -0.4 is 34.4 Å². The van der Waals surface area contributed by atoms with Crippen molar-refractivity contribution in [2.75, 3.05) is 19.2 Å². The van der Waals surface area contributed by atoms with Crippen LogP contribution >= 0.6 is 11.3 Å². The maximum absolute atomic E-state index is 13.9. The lowest BCUT2D eigenvalue weighted by Crippen LogP contribution is -2.40. The molecule has 9 heteroatoms. The Bertz CT molecular complexity index is 1770. The van der Waals surface area contributed by atoms with Crippen LogP contribution in [0, 0.1) is 0 Å². The number of carbonyl (C=O) groups excluding carboxylic acids is 1. The molecular weight excluding hydrogens is 502 g/mol. The number of fused-ring (bicyclic) bond motifs is 2. The Morgan fingerprint density at radius 2 is 1.89 bits per heavy atom. The zero-order valence-corrected chi connectivity index (χ0v) is 21.5. The highest BCUT2D eigenvalue weighted by atomic mass is 32.1. The van der Waals surface area contributed by atoms with Gasteiger partial charge in [-0.25, -0.2) is 4.99 Å². The summed E-state index contributed by atoms with van der Waals surface area (Å²) in [6.45, 7) is 1.97. The van der Waals surface area contributed by atoms with Gasteiger partial charge in [-0.2, -0.15) is 0 Å². The van der Waals surface area contributed by atoms with Crippen molar-refractivity contribution in [2.24, 2.45) is 4.99 Å². The molecule has 3 heterocycles. The molecule has 0 spiro atoms. The summed E-state index contributed by atoms with van der Waals surface area (Å²) in [6, 6.07) is 21.4. The van der Waals surface area contributed by atoms with E-state index in [0.717, 1.165) is 11.1 Å². The van der Waals surface area contributed by atoms with Crippen LogP contribution in [0.3, 0.4) is 0 Å². The Balaban J connectivity index is 1.50. The lowest BCUT2D eigenvalue weighted by atomic mass is 9.95. The second kappa shape index (κ2) is 9.68. The van der Waals surface area contributed by atoms with E-state index in [1.807, 2.05) is 72.8 Å². The zero-order valence-electron chi connectivity index (χ0n) is 20.6. The summed E-state index contributed by atoms with van der Waals surface area (Å²) in [5.41, 5.74) is 2.90. The molecule has 6 rings (SSSR count). The smallest absolute Gasteiger partial charge is 0.271 e. The quantitative estimate of drug-likeness (QED) is 0.430. The number of carbonyl (C=O) groups is 1. The molecule has 1 aromatic heterocycles. The Morgan fingerprint density at radius 3 is 2.71 bits per heavy atom. The highest BCUT2D eigenvalue weighted by Crippen LogP contribution is 2.34. The van der Waals surface area contributed by atoms with Gasteiger partial charge in [0.2, 0.25) is 6.79 Å². The van der Waals surface area contributed by atoms with E-state index in [-0.39, 0.29) is 18.3 Å². The number of anilines is 1. The van der Waals surface area contributed by atoms with E-state index >= 15 is 0 Å². The Kier molecular flexibility index (Phi) is 6.05. The van der Waals surface area contributed by atoms with E-state index in [9.17, 15) is 9.59 Å². The number of amides is 1. The van der Waals surface area contributed by atoms with Crippen LogP contribution in [0.4, 0.5) is 5.69 Å². The molecule has 0 bridgehead atoms. The first-order valence-electron chi connectivity index (χ1n) is 11.9. The van der Waals surface area contributed by atoms with Crippen LogP contribution in [-0.4, -0.2) is 24.4 Å². The van der Waals surface area contributed by atoms with Crippen molar-refractivity contribution < 1.29 is 19.0 Å². The van der Waals surface area contributed by atoms with Crippen LogP contribution in [-0.2, 0) is 4.79 Å². The van der Waals surface area contributed by atoms with Crippen LogP contribution in [0.15, 0.2) is 93.9 Å². The molecule has 38 heavy (non-hydrogen) atoms. The number of hydrogen-bond donors (Lipinski definition) is 1. The number of para-hydroxylation sites is 1. The number of aromatic nitrogens is 1. The molecule has 0 aliphatic carbocycles. The van der Waals surface area contributed by atoms with Crippen molar-refractivity contribution in [3.8, 4) is 17.2 Å². The van der Waals surface area contributed by atoms with E-state index < -0.39 is 6.04 Å². The molecule has 190 valence electrons. The van der Waals surface area contributed by atoms with Crippen LogP contribution in [0.2, 0.25) is 0 Å². The van der Waals surface area contributed by atoms with Gasteiger partial charge in [-0.15, -0.1) is 0 Å². The van der Waals surface area contributed by atoms with Gasteiger partial charge in [-0.3, -0.25) is 14.2 Å². The van der Waals surface area contributed by atoms with Crippen molar-refractivity contribution in [2.45, 2.75) is 13.0 Å². The number of ether oxygens (including phenoxy) is 3. The summed E-state index contributed by atoms with van der Waals surface area (Å²) < 4.78 is 18.4. The number of benzene rings is 3. The molecule has 0 radical (unpaired) electrons. The first-order valence-corrected chi connectivity index (χ1v) is 12.8. The SMILES string of the molecule is COc1cccc(C2C(C(=O)Nc3ccccc3)=C(C)N=c3s/c(=C\c4ccc5c(c4)OCO5)c(=O)n32)c1. The molecule has 8 nitrogen and oxygen atoms in total. The minimum atomic E-state index is -0.691. The number of rotatable bonds is 5. The first-order chi connectivity index (χ1) is 18.5. The maximum Gasteiger partial charge on any atom is 0.271 e.